The molecule has 1 heterocycles. The van der Waals surface area contributed by atoms with Gasteiger partial charge in [-0.15, -0.1) is 0 Å². The zero-order valence-electron chi connectivity index (χ0n) is 15.7. The van der Waals surface area contributed by atoms with E-state index in [1.807, 2.05) is 59.6 Å². The maximum atomic E-state index is 12.2. The molecule has 1 aliphatic heterocycles. The molecule has 2 aromatic carbocycles. The highest BCUT2D eigenvalue weighted by Gasteiger charge is 2.31. The number of primary amides is 1. The number of halogens is 1. The second-order valence-electron chi connectivity index (χ2n) is 7.04. The Labute approximate surface area is 170 Å². The van der Waals surface area contributed by atoms with Crippen LogP contribution in [-0.2, 0) is 16.1 Å². The number of hydrogen-bond donors (Lipinski definition) is 1. The molecular weight excluding hydrogens is 372 g/mol. The molecule has 28 heavy (non-hydrogen) atoms. The summed E-state index contributed by atoms with van der Waals surface area (Å²) in [6.07, 6.45) is 6.03. The number of hydrogen-bond acceptors (Lipinski definition) is 3. The van der Waals surface area contributed by atoms with Gasteiger partial charge in [0, 0.05) is 47.8 Å². The van der Waals surface area contributed by atoms with Crippen LogP contribution in [0.3, 0.4) is 0 Å². The highest BCUT2D eigenvalue weighted by molar-refractivity contribution is 6.30. The lowest BCUT2D eigenvalue weighted by Crippen LogP contribution is -2.30. The molecule has 144 valence electrons. The third-order valence-corrected chi connectivity index (χ3v) is 5.13. The summed E-state index contributed by atoms with van der Waals surface area (Å²) >= 11 is 6.01. The summed E-state index contributed by atoms with van der Waals surface area (Å²) in [5, 5.41) is 0.629. The van der Waals surface area contributed by atoms with Crippen LogP contribution in [0.1, 0.15) is 30.4 Å². The number of carbonyl (C=O) groups is 2. The number of carbonyl (C=O) groups excluding carboxylic acids is 2. The van der Waals surface area contributed by atoms with Gasteiger partial charge in [-0.1, -0.05) is 60.1 Å². The quantitative estimate of drug-likeness (QED) is 0.756. The van der Waals surface area contributed by atoms with Crippen molar-refractivity contribution in [2.45, 2.75) is 25.8 Å². The van der Waals surface area contributed by atoms with E-state index in [1.165, 1.54) is 0 Å². The molecule has 1 aliphatic rings. The molecule has 0 aromatic heterocycles. The van der Waals surface area contributed by atoms with Crippen molar-refractivity contribution in [3.63, 3.8) is 0 Å². The van der Waals surface area contributed by atoms with Gasteiger partial charge in [-0.2, -0.15) is 0 Å². The van der Waals surface area contributed by atoms with Crippen molar-refractivity contribution in [2.24, 2.45) is 11.7 Å². The first-order valence-corrected chi connectivity index (χ1v) is 9.56. The van der Waals surface area contributed by atoms with Gasteiger partial charge in [0.15, 0.2) is 0 Å². The first-order chi connectivity index (χ1) is 13.4. The minimum Gasteiger partial charge on any atom is -0.366 e. The predicted octanol–water partition coefficient (Wildman–Crippen LogP) is 4.42. The van der Waals surface area contributed by atoms with Crippen LogP contribution in [0.4, 0.5) is 0 Å². The van der Waals surface area contributed by atoms with E-state index in [1.54, 1.807) is 25.3 Å². The summed E-state index contributed by atoms with van der Waals surface area (Å²) in [4.78, 5) is 26.1. The predicted molar refractivity (Wildman–Crippen MR) is 111 cm³/mol. The number of nitrogens with zero attached hydrogens (tertiary/aromatic N) is 1. The normalized spacial score (nSPS) is 17.1. The van der Waals surface area contributed by atoms with E-state index in [2.05, 4.69) is 0 Å². The SMILES string of the molecule is CC(=O)CC(c1ccc(Cl)cc1)C1C=CN(Cc2ccccc2)C=C1C(N)=O. The molecule has 0 aliphatic carbocycles. The molecule has 2 unspecified atom stereocenters. The summed E-state index contributed by atoms with van der Waals surface area (Å²) in [7, 11) is 0. The van der Waals surface area contributed by atoms with Crippen molar-refractivity contribution < 1.29 is 9.59 Å². The number of amides is 1. The Morgan fingerprint density at radius 2 is 1.79 bits per heavy atom. The Morgan fingerprint density at radius 3 is 2.39 bits per heavy atom. The molecule has 2 atom stereocenters. The maximum absolute atomic E-state index is 12.2. The van der Waals surface area contributed by atoms with E-state index in [4.69, 9.17) is 17.3 Å². The molecule has 2 N–H and O–H groups in total. The summed E-state index contributed by atoms with van der Waals surface area (Å²) in [6, 6.07) is 17.4. The summed E-state index contributed by atoms with van der Waals surface area (Å²) < 4.78 is 0. The smallest absolute Gasteiger partial charge is 0.246 e. The van der Waals surface area contributed by atoms with Crippen molar-refractivity contribution in [2.75, 3.05) is 0 Å². The highest BCUT2D eigenvalue weighted by Crippen LogP contribution is 2.37. The molecule has 4 nitrogen and oxygen atoms in total. The van der Waals surface area contributed by atoms with Gasteiger partial charge in [-0.25, -0.2) is 0 Å². The summed E-state index contributed by atoms with van der Waals surface area (Å²) in [6.45, 7) is 2.20. The first-order valence-electron chi connectivity index (χ1n) is 9.18. The number of allylic oxidation sites excluding steroid dienone is 1. The Morgan fingerprint density at radius 1 is 1.11 bits per heavy atom. The Hall–Kier alpha value is -2.85. The topological polar surface area (TPSA) is 63.4 Å². The standard InChI is InChI=1S/C23H23ClN2O2/c1-16(27)13-21(18-7-9-19(24)10-8-18)20-11-12-26(15-22(20)23(25)28)14-17-5-3-2-4-6-17/h2-12,15,20-21H,13-14H2,1H3,(H2,25,28). The van der Waals surface area contributed by atoms with Gasteiger partial charge in [0.05, 0.1) is 0 Å². The van der Waals surface area contributed by atoms with E-state index in [-0.39, 0.29) is 17.6 Å². The minimum atomic E-state index is -0.477. The van der Waals surface area contributed by atoms with Gasteiger partial charge < -0.3 is 15.4 Å². The lowest BCUT2D eigenvalue weighted by molar-refractivity contribution is -0.118. The van der Waals surface area contributed by atoms with E-state index in [0.717, 1.165) is 11.1 Å². The van der Waals surface area contributed by atoms with Crippen LogP contribution in [0.25, 0.3) is 0 Å². The maximum Gasteiger partial charge on any atom is 0.246 e. The van der Waals surface area contributed by atoms with Crippen LogP contribution >= 0.6 is 11.6 Å². The second-order valence-corrected chi connectivity index (χ2v) is 7.47. The van der Waals surface area contributed by atoms with Crippen LogP contribution < -0.4 is 5.73 Å². The van der Waals surface area contributed by atoms with Crippen LogP contribution in [0, 0.1) is 5.92 Å². The van der Waals surface area contributed by atoms with Crippen molar-refractivity contribution in [3.05, 3.63) is 94.8 Å². The van der Waals surface area contributed by atoms with Gasteiger partial charge >= 0.3 is 0 Å². The minimum absolute atomic E-state index is 0.0592. The molecular formula is C23H23ClN2O2. The zero-order chi connectivity index (χ0) is 20.1. The van der Waals surface area contributed by atoms with Gasteiger partial charge in [0.2, 0.25) is 5.91 Å². The lowest BCUT2D eigenvalue weighted by atomic mass is 9.77. The molecule has 0 bridgehead atoms. The highest BCUT2D eigenvalue weighted by atomic mass is 35.5. The second kappa shape index (κ2) is 8.89. The fourth-order valence-electron chi connectivity index (χ4n) is 3.56. The molecule has 0 spiro atoms. The molecule has 3 rings (SSSR count). The van der Waals surface area contributed by atoms with Crippen LogP contribution in [0.15, 0.2) is 78.6 Å². The number of nitrogens with two attached hydrogens (primary N) is 1. The Balaban J connectivity index is 1.90. The van der Waals surface area contributed by atoms with Crippen LogP contribution in [-0.4, -0.2) is 16.6 Å². The molecule has 0 radical (unpaired) electrons. The van der Waals surface area contributed by atoms with Crippen molar-refractivity contribution >= 4 is 23.3 Å². The van der Waals surface area contributed by atoms with Gasteiger partial charge in [-0.3, -0.25) is 4.79 Å². The third-order valence-electron chi connectivity index (χ3n) is 4.88. The fraction of sp³-hybridized carbons (Fsp3) is 0.217. The monoisotopic (exact) mass is 394 g/mol. The molecule has 0 saturated carbocycles. The molecule has 0 fully saturated rings. The average molecular weight is 395 g/mol. The van der Waals surface area contributed by atoms with Gasteiger partial charge in [-0.05, 0) is 30.2 Å². The molecule has 5 heteroatoms. The largest absolute Gasteiger partial charge is 0.366 e. The Kier molecular flexibility index (Phi) is 6.32. The van der Waals surface area contributed by atoms with Crippen LogP contribution in [0.5, 0.6) is 0 Å². The number of rotatable bonds is 7. The Bertz CT molecular complexity index is 904. The number of ketones is 1. The summed E-state index contributed by atoms with van der Waals surface area (Å²) in [5.74, 6) is -0.864. The first kappa shape index (κ1) is 19.9. The lowest BCUT2D eigenvalue weighted by Gasteiger charge is -2.31. The zero-order valence-corrected chi connectivity index (χ0v) is 16.5. The van der Waals surface area contributed by atoms with E-state index in [9.17, 15) is 9.59 Å². The van der Waals surface area contributed by atoms with E-state index in [0.29, 0.717) is 23.6 Å². The number of benzene rings is 2. The molecule has 1 amide bonds. The van der Waals surface area contributed by atoms with Crippen LogP contribution in [0.2, 0.25) is 5.02 Å². The van der Waals surface area contributed by atoms with Crippen molar-refractivity contribution in [3.8, 4) is 0 Å². The van der Waals surface area contributed by atoms with Gasteiger partial charge in [0.25, 0.3) is 0 Å². The van der Waals surface area contributed by atoms with Crippen molar-refractivity contribution in [1.82, 2.24) is 4.90 Å². The molecule has 0 saturated heterocycles. The summed E-state index contributed by atoms with van der Waals surface area (Å²) in [5.41, 5.74) is 8.29. The van der Waals surface area contributed by atoms with Crippen molar-refractivity contribution in [1.29, 1.82) is 0 Å². The van der Waals surface area contributed by atoms with Gasteiger partial charge in [0.1, 0.15) is 5.78 Å². The average Bonchev–Trinajstić information content (AvgIpc) is 2.67. The number of Topliss-reactive ketones (excluding diaryl/α,β-unsaturated/α-hetero) is 1. The third kappa shape index (κ3) is 4.90. The van der Waals surface area contributed by atoms with E-state index < -0.39 is 5.91 Å². The molecule has 2 aromatic rings. The fourth-order valence-corrected chi connectivity index (χ4v) is 3.68. The van der Waals surface area contributed by atoms with E-state index >= 15 is 0 Å².